The average Bonchev–Trinajstić information content (AvgIpc) is 2.84. The van der Waals surface area contributed by atoms with Gasteiger partial charge in [-0.25, -0.2) is 0 Å². The lowest BCUT2D eigenvalue weighted by atomic mass is 9.79. The van der Waals surface area contributed by atoms with E-state index in [9.17, 15) is 0 Å². The van der Waals surface area contributed by atoms with Gasteiger partial charge in [-0.15, -0.1) is 0 Å². The number of hydrogen-bond acceptors (Lipinski definition) is 3. The Kier molecular flexibility index (Phi) is 3.24. The van der Waals surface area contributed by atoms with E-state index in [0.29, 0.717) is 18.2 Å². The number of nitriles is 1. The number of rotatable bonds is 4. The molecule has 1 N–H and O–H groups in total. The molecule has 3 nitrogen and oxygen atoms in total. The Bertz CT molecular complexity index is 605. The molecule has 1 fully saturated rings. The zero-order valence-electron chi connectivity index (χ0n) is 10.7. The molecule has 96 valence electrons. The number of furan rings is 1. The first-order chi connectivity index (χ1) is 9.36. The van der Waals surface area contributed by atoms with Crippen molar-refractivity contribution < 1.29 is 4.42 Å². The minimum atomic E-state index is 0.365. The lowest BCUT2D eigenvalue weighted by Gasteiger charge is -2.28. The van der Waals surface area contributed by atoms with Crippen molar-refractivity contribution in [3.8, 4) is 6.07 Å². The maximum atomic E-state index is 8.73. The fourth-order valence-corrected chi connectivity index (χ4v) is 2.45. The molecule has 0 radical (unpaired) electrons. The van der Waals surface area contributed by atoms with Crippen LogP contribution in [-0.2, 0) is 6.54 Å². The van der Waals surface area contributed by atoms with Crippen molar-refractivity contribution in [2.45, 2.75) is 31.7 Å². The first-order valence-electron chi connectivity index (χ1n) is 6.68. The van der Waals surface area contributed by atoms with Crippen LogP contribution in [-0.4, -0.2) is 0 Å². The zero-order chi connectivity index (χ0) is 13.1. The largest absolute Gasteiger partial charge is 0.449 e. The minimum Gasteiger partial charge on any atom is -0.449 e. The molecule has 1 aliphatic rings. The molecular formula is C16H16N2O. The van der Waals surface area contributed by atoms with E-state index in [2.05, 4.69) is 23.5 Å². The van der Waals surface area contributed by atoms with Gasteiger partial charge in [0.05, 0.1) is 6.54 Å². The summed E-state index contributed by atoms with van der Waals surface area (Å²) in [6.45, 7) is 0.616. The number of hydrogen-bond donors (Lipinski definition) is 1. The van der Waals surface area contributed by atoms with E-state index in [4.69, 9.17) is 9.68 Å². The van der Waals surface area contributed by atoms with Crippen LogP contribution in [0.15, 0.2) is 40.8 Å². The summed E-state index contributed by atoms with van der Waals surface area (Å²) in [6, 6.07) is 14.0. The van der Waals surface area contributed by atoms with E-state index >= 15 is 0 Å². The van der Waals surface area contributed by atoms with E-state index in [1.54, 1.807) is 6.07 Å². The summed E-state index contributed by atoms with van der Waals surface area (Å²) in [4.78, 5) is 0. The Labute approximate surface area is 112 Å². The van der Waals surface area contributed by atoms with E-state index in [0.717, 1.165) is 5.76 Å². The van der Waals surface area contributed by atoms with Crippen molar-refractivity contribution in [3.05, 3.63) is 53.5 Å². The molecule has 3 heteroatoms. The average molecular weight is 252 g/mol. The molecule has 1 saturated carbocycles. The van der Waals surface area contributed by atoms with Crippen molar-refractivity contribution in [2.24, 2.45) is 0 Å². The van der Waals surface area contributed by atoms with E-state index in [-0.39, 0.29) is 0 Å². The predicted molar refractivity (Wildman–Crippen MR) is 73.8 cm³/mol. The SMILES string of the molecule is N#Cc1ccc(CNc2ccccc2C2CCC2)o1. The van der Waals surface area contributed by atoms with Gasteiger partial charge in [0, 0.05) is 5.69 Å². The van der Waals surface area contributed by atoms with Gasteiger partial charge in [0.25, 0.3) is 0 Å². The monoisotopic (exact) mass is 252 g/mol. The van der Waals surface area contributed by atoms with Gasteiger partial charge < -0.3 is 9.73 Å². The fraction of sp³-hybridized carbons (Fsp3) is 0.312. The Morgan fingerprint density at radius 2 is 2.05 bits per heavy atom. The zero-order valence-corrected chi connectivity index (χ0v) is 10.7. The molecule has 3 rings (SSSR count). The Balaban J connectivity index is 1.71. The molecule has 1 heterocycles. The smallest absolute Gasteiger partial charge is 0.203 e. The topological polar surface area (TPSA) is 49.0 Å². The molecule has 2 aromatic rings. The third-order valence-electron chi connectivity index (χ3n) is 3.73. The number of benzene rings is 1. The summed E-state index contributed by atoms with van der Waals surface area (Å²) in [5, 5.41) is 12.1. The van der Waals surface area contributed by atoms with Crippen LogP contribution in [0.1, 0.15) is 42.3 Å². The highest BCUT2D eigenvalue weighted by Gasteiger charge is 2.21. The maximum Gasteiger partial charge on any atom is 0.203 e. The second-order valence-electron chi connectivity index (χ2n) is 4.95. The van der Waals surface area contributed by atoms with Gasteiger partial charge >= 0.3 is 0 Å². The highest BCUT2D eigenvalue weighted by atomic mass is 16.3. The number of para-hydroxylation sites is 1. The molecule has 0 spiro atoms. The molecular weight excluding hydrogens is 236 g/mol. The van der Waals surface area contributed by atoms with Crippen molar-refractivity contribution in [2.75, 3.05) is 5.32 Å². The van der Waals surface area contributed by atoms with Crippen molar-refractivity contribution in [1.82, 2.24) is 0 Å². The normalized spacial score (nSPS) is 14.7. The van der Waals surface area contributed by atoms with Crippen LogP contribution >= 0.6 is 0 Å². The van der Waals surface area contributed by atoms with Gasteiger partial charge in [0.1, 0.15) is 11.8 Å². The van der Waals surface area contributed by atoms with Crippen LogP contribution in [0.4, 0.5) is 5.69 Å². The van der Waals surface area contributed by atoms with Gasteiger partial charge in [-0.2, -0.15) is 5.26 Å². The summed E-state index contributed by atoms with van der Waals surface area (Å²) in [5.74, 6) is 1.86. The fourth-order valence-electron chi connectivity index (χ4n) is 2.45. The minimum absolute atomic E-state index is 0.365. The number of nitrogens with one attached hydrogen (secondary N) is 1. The van der Waals surface area contributed by atoms with Crippen LogP contribution < -0.4 is 5.32 Å². The Morgan fingerprint density at radius 3 is 2.74 bits per heavy atom. The van der Waals surface area contributed by atoms with Gasteiger partial charge in [0.15, 0.2) is 0 Å². The van der Waals surface area contributed by atoms with E-state index < -0.39 is 0 Å². The van der Waals surface area contributed by atoms with Crippen LogP contribution in [0.3, 0.4) is 0 Å². The van der Waals surface area contributed by atoms with Crippen LogP contribution in [0, 0.1) is 11.3 Å². The summed E-state index contributed by atoms with van der Waals surface area (Å²) < 4.78 is 5.37. The summed E-state index contributed by atoms with van der Waals surface area (Å²) in [6.07, 6.45) is 3.92. The van der Waals surface area contributed by atoms with Crippen molar-refractivity contribution >= 4 is 5.69 Å². The van der Waals surface area contributed by atoms with E-state index in [1.165, 1.54) is 30.5 Å². The summed E-state index contributed by atoms with van der Waals surface area (Å²) in [5.41, 5.74) is 2.59. The first kappa shape index (κ1) is 11.9. The molecule has 19 heavy (non-hydrogen) atoms. The molecule has 0 saturated heterocycles. The highest BCUT2D eigenvalue weighted by Crippen LogP contribution is 2.39. The molecule has 0 bridgehead atoms. The third kappa shape index (κ3) is 2.48. The molecule has 1 aromatic carbocycles. The molecule has 1 aliphatic carbocycles. The lowest BCUT2D eigenvalue weighted by Crippen LogP contribution is -2.11. The first-order valence-corrected chi connectivity index (χ1v) is 6.68. The van der Waals surface area contributed by atoms with Crippen molar-refractivity contribution in [3.63, 3.8) is 0 Å². The highest BCUT2D eigenvalue weighted by molar-refractivity contribution is 5.53. The Hall–Kier alpha value is -2.21. The van der Waals surface area contributed by atoms with Crippen molar-refractivity contribution in [1.29, 1.82) is 5.26 Å². The van der Waals surface area contributed by atoms with Crippen LogP contribution in [0.25, 0.3) is 0 Å². The van der Waals surface area contributed by atoms with Gasteiger partial charge in [-0.05, 0) is 42.5 Å². The maximum absolute atomic E-state index is 8.73. The standard InChI is InChI=1S/C16H16N2O/c17-10-13-8-9-14(19-13)11-18-16-7-2-1-6-15(16)12-4-3-5-12/h1-2,6-9,12,18H,3-5,11H2. The summed E-state index contributed by atoms with van der Waals surface area (Å²) in [7, 11) is 0. The van der Waals surface area contributed by atoms with Crippen LogP contribution in [0.2, 0.25) is 0 Å². The quantitative estimate of drug-likeness (QED) is 0.893. The summed E-state index contributed by atoms with van der Waals surface area (Å²) >= 11 is 0. The second kappa shape index (κ2) is 5.19. The molecule has 0 amide bonds. The molecule has 0 unspecified atom stereocenters. The second-order valence-corrected chi connectivity index (χ2v) is 4.95. The molecule has 1 aromatic heterocycles. The molecule has 0 aliphatic heterocycles. The van der Waals surface area contributed by atoms with Gasteiger partial charge in [0.2, 0.25) is 5.76 Å². The van der Waals surface area contributed by atoms with Gasteiger partial charge in [-0.1, -0.05) is 24.6 Å². The lowest BCUT2D eigenvalue weighted by molar-refractivity contribution is 0.420. The molecule has 0 atom stereocenters. The van der Waals surface area contributed by atoms with E-state index in [1.807, 2.05) is 18.2 Å². The van der Waals surface area contributed by atoms with Gasteiger partial charge in [-0.3, -0.25) is 0 Å². The van der Waals surface area contributed by atoms with Crippen LogP contribution in [0.5, 0.6) is 0 Å². The number of nitrogens with zero attached hydrogens (tertiary/aromatic N) is 1. The Morgan fingerprint density at radius 1 is 1.21 bits per heavy atom. The predicted octanol–water partition coefficient (Wildman–Crippen LogP) is 4.03. The third-order valence-corrected chi connectivity index (χ3v) is 3.73. The number of anilines is 1.